The van der Waals surface area contributed by atoms with Gasteiger partial charge in [-0.3, -0.25) is 0 Å². The van der Waals surface area contributed by atoms with E-state index < -0.39 is 0 Å². The summed E-state index contributed by atoms with van der Waals surface area (Å²) >= 11 is 0. The highest BCUT2D eigenvalue weighted by Gasteiger charge is 2.11. The van der Waals surface area contributed by atoms with E-state index in [-0.39, 0.29) is 11.9 Å². The van der Waals surface area contributed by atoms with Crippen LogP contribution < -0.4 is 5.73 Å². The number of aryl methyl sites for hydroxylation is 2. The van der Waals surface area contributed by atoms with Crippen LogP contribution in [0.2, 0.25) is 0 Å². The van der Waals surface area contributed by atoms with Crippen molar-refractivity contribution in [2.45, 2.75) is 26.4 Å². The molecule has 3 aromatic rings. The Labute approximate surface area is 123 Å². The summed E-state index contributed by atoms with van der Waals surface area (Å²) in [5, 5.41) is 0. The molecule has 1 atom stereocenters. The maximum Gasteiger partial charge on any atom is 0.123 e. The van der Waals surface area contributed by atoms with Gasteiger partial charge in [-0.15, -0.1) is 0 Å². The molecule has 0 fully saturated rings. The number of nitrogens with two attached hydrogens (primary N) is 1. The molecule has 0 spiro atoms. The molecule has 2 N–H and O–H groups in total. The molecule has 0 saturated carbocycles. The molecule has 3 rings (SSSR count). The van der Waals surface area contributed by atoms with Crippen molar-refractivity contribution < 1.29 is 4.39 Å². The molecule has 1 heterocycles. The number of halogens is 1. The first kappa shape index (κ1) is 13.8. The Balaban J connectivity index is 1.93. The van der Waals surface area contributed by atoms with Crippen LogP contribution in [0, 0.1) is 19.7 Å². The normalized spacial score (nSPS) is 12.8. The van der Waals surface area contributed by atoms with E-state index in [9.17, 15) is 4.39 Å². The fourth-order valence-electron chi connectivity index (χ4n) is 2.51. The number of aromatic nitrogens is 2. The number of benzene rings is 2. The molecule has 1 aromatic heterocycles. The summed E-state index contributed by atoms with van der Waals surface area (Å²) in [5.74, 6) is -0.259. The van der Waals surface area contributed by atoms with Crippen LogP contribution in [0.1, 0.15) is 22.7 Å². The van der Waals surface area contributed by atoms with Crippen LogP contribution in [-0.4, -0.2) is 9.55 Å². The van der Waals surface area contributed by atoms with Gasteiger partial charge >= 0.3 is 0 Å². The minimum atomic E-state index is -0.264. The first-order valence-electron chi connectivity index (χ1n) is 6.98. The summed E-state index contributed by atoms with van der Waals surface area (Å²) in [6, 6.07) is 10.4. The third-order valence-corrected chi connectivity index (χ3v) is 3.91. The Morgan fingerprint density at radius 1 is 1.19 bits per heavy atom. The van der Waals surface area contributed by atoms with Crippen LogP contribution in [-0.2, 0) is 6.54 Å². The molecule has 108 valence electrons. The molecule has 2 aromatic carbocycles. The average Bonchev–Trinajstić information content (AvgIpc) is 2.82. The van der Waals surface area contributed by atoms with Gasteiger partial charge in [0.2, 0.25) is 0 Å². The Kier molecular flexibility index (Phi) is 3.47. The van der Waals surface area contributed by atoms with Crippen molar-refractivity contribution in [1.82, 2.24) is 9.55 Å². The first-order valence-corrected chi connectivity index (χ1v) is 6.98. The molecular formula is C17H18FN3. The molecular weight excluding hydrogens is 265 g/mol. The molecule has 21 heavy (non-hydrogen) atoms. The number of hydrogen-bond acceptors (Lipinski definition) is 2. The lowest BCUT2D eigenvalue weighted by Crippen LogP contribution is -2.17. The smallest absolute Gasteiger partial charge is 0.123 e. The molecule has 4 heteroatoms. The summed E-state index contributed by atoms with van der Waals surface area (Å²) < 4.78 is 15.3. The highest BCUT2D eigenvalue weighted by Crippen LogP contribution is 2.21. The number of hydrogen-bond donors (Lipinski definition) is 1. The van der Waals surface area contributed by atoms with Gasteiger partial charge in [0.25, 0.3) is 0 Å². The summed E-state index contributed by atoms with van der Waals surface area (Å²) in [6.07, 6.45) is 1.79. The van der Waals surface area contributed by atoms with Crippen LogP contribution in [0.4, 0.5) is 4.39 Å². The molecule has 0 bridgehead atoms. The van der Waals surface area contributed by atoms with Crippen LogP contribution in [0.25, 0.3) is 11.0 Å². The van der Waals surface area contributed by atoms with Gasteiger partial charge in [0.15, 0.2) is 0 Å². The zero-order valence-electron chi connectivity index (χ0n) is 12.2. The molecule has 1 unspecified atom stereocenters. The van der Waals surface area contributed by atoms with Crippen molar-refractivity contribution in [3.05, 3.63) is 65.2 Å². The van der Waals surface area contributed by atoms with Crippen LogP contribution >= 0.6 is 0 Å². The van der Waals surface area contributed by atoms with Crippen molar-refractivity contribution in [3.8, 4) is 0 Å². The zero-order valence-corrected chi connectivity index (χ0v) is 12.2. The van der Waals surface area contributed by atoms with Gasteiger partial charge in [-0.2, -0.15) is 0 Å². The van der Waals surface area contributed by atoms with Crippen molar-refractivity contribution in [2.24, 2.45) is 5.73 Å². The fourth-order valence-corrected chi connectivity index (χ4v) is 2.51. The molecule has 0 saturated heterocycles. The number of rotatable bonds is 3. The standard InChI is InChI=1S/C17H18FN3/c1-11-6-16-17(7-12(11)2)21(10-20-16)9-15(19)13-4-3-5-14(18)8-13/h3-8,10,15H,9,19H2,1-2H3. The van der Waals surface area contributed by atoms with Crippen molar-refractivity contribution in [2.75, 3.05) is 0 Å². The maximum absolute atomic E-state index is 13.3. The van der Waals surface area contributed by atoms with Crippen LogP contribution in [0.15, 0.2) is 42.7 Å². The highest BCUT2D eigenvalue weighted by molar-refractivity contribution is 5.77. The Morgan fingerprint density at radius 2 is 1.95 bits per heavy atom. The Bertz CT molecular complexity index is 792. The zero-order chi connectivity index (χ0) is 15.0. The molecule has 0 aliphatic carbocycles. The fraction of sp³-hybridized carbons (Fsp3) is 0.235. The summed E-state index contributed by atoms with van der Waals surface area (Å²) in [7, 11) is 0. The van der Waals surface area contributed by atoms with Crippen LogP contribution in [0.3, 0.4) is 0 Å². The topological polar surface area (TPSA) is 43.8 Å². The molecule has 0 radical (unpaired) electrons. The Morgan fingerprint density at radius 3 is 2.71 bits per heavy atom. The van der Waals surface area contributed by atoms with Gasteiger partial charge in [-0.25, -0.2) is 9.37 Å². The third kappa shape index (κ3) is 2.67. The van der Waals surface area contributed by atoms with Crippen molar-refractivity contribution in [3.63, 3.8) is 0 Å². The highest BCUT2D eigenvalue weighted by atomic mass is 19.1. The second-order valence-corrected chi connectivity index (χ2v) is 5.48. The second kappa shape index (κ2) is 5.30. The van der Waals surface area contributed by atoms with E-state index in [0.29, 0.717) is 6.54 Å². The third-order valence-electron chi connectivity index (χ3n) is 3.91. The van der Waals surface area contributed by atoms with Gasteiger partial charge in [0.1, 0.15) is 5.82 Å². The first-order chi connectivity index (χ1) is 10.0. The molecule has 3 nitrogen and oxygen atoms in total. The van der Waals surface area contributed by atoms with Gasteiger partial charge in [-0.1, -0.05) is 12.1 Å². The predicted molar refractivity (Wildman–Crippen MR) is 82.5 cm³/mol. The maximum atomic E-state index is 13.3. The van der Waals surface area contributed by atoms with Gasteiger partial charge in [0.05, 0.1) is 17.4 Å². The summed E-state index contributed by atoms with van der Waals surface area (Å²) in [5.41, 5.74) is 11.5. The largest absolute Gasteiger partial charge is 0.329 e. The van der Waals surface area contributed by atoms with E-state index in [2.05, 4.69) is 31.0 Å². The van der Waals surface area contributed by atoms with E-state index in [1.54, 1.807) is 12.4 Å². The minimum absolute atomic E-state index is 0.259. The van der Waals surface area contributed by atoms with Crippen LogP contribution in [0.5, 0.6) is 0 Å². The van der Waals surface area contributed by atoms with E-state index in [1.165, 1.54) is 23.3 Å². The van der Waals surface area contributed by atoms with Gasteiger partial charge in [-0.05, 0) is 54.8 Å². The molecule has 0 aliphatic heterocycles. The monoisotopic (exact) mass is 283 g/mol. The van der Waals surface area contributed by atoms with Crippen molar-refractivity contribution in [1.29, 1.82) is 0 Å². The van der Waals surface area contributed by atoms with E-state index in [1.807, 2.05) is 10.6 Å². The second-order valence-electron chi connectivity index (χ2n) is 5.48. The van der Waals surface area contributed by atoms with E-state index in [0.717, 1.165) is 16.6 Å². The SMILES string of the molecule is Cc1cc2ncn(CC(N)c3cccc(F)c3)c2cc1C. The lowest BCUT2D eigenvalue weighted by atomic mass is 10.1. The predicted octanol–water partition coefficient (Wildman–Crippen LogP) is 3.49. The van der Waals surface area contributed by atoms with Gasteiger partial charge < -0.3 is 10.3 Å². The number of fused-ring (bicyclic) bond motifs is 1. The molecule has 0 aliphatic rings. The lowest BCUT2D eigenvalue weighted by molar-refractivity contribution is 0.577. The minimum Gasteiger partial charge on any atom is -0.329 e. The summed E-state index contributed by atoms with van der Waals surface area (Å²) in [4.78, 5) is 4.42. The van der Waals surface area contributed by atoms with Gasteiger partial charge in [0, 0.05) is 12.6 Å². The number of nitrogens with zero attached hydrogens (tertiary/aromatic N) is 2. The quantitative estimate of drug-likeness (QED) is 0.799. The van der Waals surface area contributed by atoms with E-state index in [4.69, 9.17) is 5.73 Å². The lowest BCUT2D eigenvalue weighted by Gasteiger charge is -2.14. The van der Waals surface area contributed by atoms with E-state index >= 15 is 0 Å². The van der Waals surface area contributed by atoms with Crippen molar-refractivity contribution >= 4 is 11.0 Å². The molecule has 0 amide bonds. The Hall–Kier alpha value is -2.20. The average molecular weight is 283 g/mol. The summed E-state index contributed by atoms with van der Waals surface area (Å²) in [6.45, 7) is 4.73. The number of imidazole rings is 1.